The molecular weight excluding hydrogens is 463 g/mol. The second kappa shape index (κ2) is 10.6. The molecule has 0 saturated heterocycles. The number of halogens is 5. The number of ketones is 1. The van der Waals surface area contributed by atoms with E-state index in [-0.39, 0.29) is 17.1 Å². The summed E-state index contributed by atoms with van der Waals surface area (Å²) in [6, 6.07) is 8.37. The van der Waals surface area contributed by atoms with Gasteiger partial charge < -0.3 is 9.47 Å². The van der Waals surface area contributed by atoms with Crippen molar-refractivity contribution in [2.45, 2.75) is 26.4 Å². The van der Waals surface area contributed by atoms with Crippen LogP contribution in [0.15, 0.2) is 36.4 Å². The van der Waals surface area contributed by atoms with Crippen LogP contribution in [-0.4, -0.2) is 12.9 Å². The van der Waals surface area contributed by atoms with Crippen molar-refractivity contribution >= 4 is 23.2 Å². The van der Waals surface area contributed by atoms with Crippen LogP contribution in [0.2, 0.25) is 0 Å². The first-order valence-corrected chi connectivity index (χ1v) is 10.7. The molecule has 0 saturated carbocycles. The molecule has 3 aromatic rings. The summed E-state index contributed by atoms with van der Waals surface area (Å²) in [6.45, 7) is 1.51. The van der Waals surface area contributed by atoms with Gasteiger partial charge in [-0.2, -0.15) is 8.78 Å². The molecule has 0 radical (unpaired) electrons. The lowest BCUT2D eigenvalue weighted by Crippen LogP contribution is -2.07. The van der Waals surface area contributed by atoms with Gasteiger partial charge in [0.2, 0.25) is 29.1 Å². The average Bonchev–Trinajstić information content (AvgIpc) is 3.29. The Morgan fingerprint density at radius 3 is 2.27 bits per heavy atom. The topological polar surface area (TPSA) is 35.5 Å². The van der Waals surface area contributed by atoms with Gasteiger partial charge in [-0.05, 0) is 42.3 Å². The summed E-state index contributed by atoms with van der Waals surface area (Å²) >= 11 is 1.42. The molecule has 1 aromatic heterocycles. The van der Waals surface area contributed by atoms with Gasteiger partial charge in [-0.15, -0.1) is 11.3 Å². The number of methoxy groups -OCH3 is 1. The highest BCUT2D eigenvalue weighted by Crippen LogP contribution is 2.31. The highest BCUT2D eigenvalue weighted by atomic mass is 32.1. The number of ether oxygens (including phenoxy) is 2. The molecule has 3 rings (SSSR count). The van der Waals surface area contributed by atoms with E-state index in [1.54, 1.807) is 18.2 Å². The van der Waals surface area contributed by atoms with Gasteiger partial charge in [0.05, 0.1) is 12.0 Å². The highest BCUT2D eigenvalue weighted by Gasteiger charge is 2.27. The molecule has 0 aliphatic heterocycles. The molecule has 9 heteroatoms. The van der Waals surface area contributed by atoms with Crippen molar-refractivity contribution in [1.29, 1.82) is 0 Å². The third kappa shape index (κ3) is 5.42. The molecule has 1 heterocycles. The maximum absolute atomic E-state index is 13.9. The lowest BCUT2D eigenvalue weighted by molar-refractivity contribution is 0.105. The van der Waals surface area contributed by atoms with Crippen LogP contribution < -0.4 is 9.47 Å². The number of carbonyl (C=O) groups is 1. The zero-order chi connectivity index (χ0) is 24.1. The molecule has 3 nitrogen and oxygen atoms in total. The van der Waals surface area contributed by atoms with Gasteiger partial charge in [0.25, 0.3) is 0 Å². The molecule has 174 valence electrons. The Morgan fingerprint density at radius 2 is 1.64 bits per heavy atom. The molecular formula is C24H19F5O3S. The van der Waals surface area contributed by atoms with Crippen molar-refractivity contribution in [1.82, 2.24) is 0 Å². The first-order valence-electron chi connectivity index (χ1n) is 9.89. The van der Waals surface area contributed by atoms with Gasteiger partial charge in [-0.25, -0.2) is 13.2 Å². The second-order valence-corrected chi connectivity index (χ2v) is 8.14. The predicted molar refractivity (Wildman–Crippen MR) is 115 cm³/mol. The van der Waals surface area contributed by atoms with Crippen molar-refractivity contribution in [3.8, 4) is 11.5 Å². The van der Waals surface area contributed by atoms with Crippen LogP contribution in [0.25, 0.3) is 6.08 Å². The first-order chi connectivity index (χ1) is 15.8. The van der Waals surface area contributed by atoms with Crippen molar-refractivity contribution in [3.63, 3.8) is 0 Å². The van der Waals surface area contributed by atoms with Gasteiger partial charge in [0.15, 0.2) is 11.5 Å². The third-order valence-electron chi connectivity index (χ3n) is 4.67. The molecule has 0 N–H and O–H groups in total. The molecule has 0 amide bonds. The molecule has 2 aromatic carbocycles. The van der Waals surface area contributed by atoms with Crippen LogP contribution in [0.3, 0.4) is 0 Å². The monoisotopic (exact) mass is 482 g/mol. The Balaban J connectivity index is 1.80. The van der Waals surface area contributed by atoms with Crippen LogP contribution in [-0.2, 0) is 13.0 Å². The van der Waals surface area contributed by atoms with E-state index in [4.69, 9.17) is 9.47 Å². The number of aryl methyl sites for hydroxylation is 1. The fourth-order valence-electron chi connectivity index (χ4n) is 3.02. The standard InChI is InChI=1S/C24H19F5O3S/c1-3-4-15-7-10-18(33-15)16(30)8-5-13-6-9-17(31-2)14(11-13)12-32-24-22(28)20(26)19(25)21(27)23(24)29/h5-11H,3-4,12H2,1-2H3/b8-5+. The van der Waals surface area contributed by atoms with Crippen LogP contribution in [0.4, 0.5) is 22.0 Å². The largest absolute Gasteiger partial charge is 0.496 e. The van der Waals surface area contributed by atoms with Gasteiger partial charge in [-0.1, -0.05) is 25.5 Å². The Kier molecular flexibility index (Phi) is 7.86. The minimum atomic E-state index is -2.26. The summed E-state index contributed by atoms with van der Waals surface area (Å²) in [6.07, 6.45) is 4.80. The Labute approximate surface area is 191 Å². The van der Waals surface area contributed by atoms with E-state index in [1.165, 1.54) is 36.7 Å². The molecule has 0 bridgehead atoms. The number of hydrogen-bond acceptors (Lipinski definition) is 4. The van der Waals surface area contributed by atoms with Gasteiger partial charge in [0, 0.05) is 10.4 Å². The number of allylic oxidation sites excluding steroid dienone is 1. The maximum atomic E-state index is 13.9. The Hall–Kier alpha value is -3.20. The maximum Gasteiger partial charge on any atom is 0.207 e. The number of rotatable bonds is 9. The fraction of sp³-hybridized carbons (Fsp3) is 0.208. The number of carbonyl (C=O) groups excluding carboxylic acids is 1. The number of benzene rings is 2. The average molecular weight is 482 g/mol. The molecule has 33 heavy (non-hydrogen) atoms. The van der Waals surface area contributed by atoms with Gasteiger partial charge in [-0.3, -0.25) is 4.79 Å². The summed E-state index contributed by atoms with van der Waals surface area (Å²) in [5.74, 6) is -11.9. The molecule has 0 unspecified atom stereocenters. The lowest BCUT2D eigenvalue weighted by Gasteiger charge is -2.13. The van der Waals surface area contributed by atoms with E-state index in [0.717, 1.165) is 17.7 Å². The van der Waals surface area contributed by atoms with Gasteiger partial charge >= 0.3 is 0 Å². The fourth-order valence-corrected chi connectivity index (χ4v) is 4.05. The normalized spacial score (nSPS) is 11.2. The van der Waals surface area contributed by atoms with E-state index in [1.807, 2.05) is 6.07 Å². The van der Waals surface area contributed by atoms with E-state index in [9.17, 15) is 26.7 Å². The molecule has 0 spiro atoms. The summed E-state index contributed by atoms with van der Waals surface area (Å²) in [7, 11) is 1.35. The summed E-state index contributed by atoms with van der Waals surface area (Å²) in [4.78, 5) is 14.1. The van der Waals surface area contributed by atoms with Crippen molar-refractivity contribution in [2.75, 3.05) is 7.11 Å². The van der Waals surface area contributed by atoms with Crippen molar-refractivity contribution in [3.05, 3.63) is 86.4 Å². The second-order valence-electron chi connectivity index (χ2n) is 6.97. The van der Waals surface area contributed by atoms with Crippen molar-refractivity contribution < 1.29 is 36.2 Å². The smallest absolute Gasteiger partial charge is 0.207 e. The van der Waals surface area contributed by atoms with Crippen LogP contribution in [0.1, 0.15) is 39.0 Å². The summed E-state index contributed by atoms with van der Waals surface area (Å²) < 4.78 is 77.8. The van der Waals surface area contributed by atoms with E-state index >= 15 is 0 Å². The quantitative estimate of drug-likeness (QED) is 0.110. The number of thiophene rings is 1. The van der Waals surface area contributed by atoms with Crippen LogP contribution in [0.5, 0.6) is 11.5 Å². The van der Waals surface area contributed by atoms with Gasteiger partial charge in [0.1, 0.15) is 12.4 Å². The van der Waals surface area contributed by atoms with Crippen LogP contribution >= 0.6 is 11.3 Å². The Morgan fingerprint density at radius 1 is 0.970 bits per heavy atom. The van der Waals surface area contributed by atoms with Crippen LogP contribution in [0, 0.1) is 29.1 Å². The van der Waals surface area contributed by atoms with E-state index in [0.29, 0.717) is 10.4 Å². The minimum absolute atomic E-state index is 0.183. The van der Waals surface area contributed by atoms with Crippen molar-refractivity contribution in [2.24, 2.45) is 0 Å². The molecule has 0 fully saturated rings. The first kappa shape index (κ1) is 24.4. The zero-order valence-corrected chi connectivity index (χ0v) is 18.5. The zero-order valence-electron chi connectivity index (χ0n) is 17.7. The van der Waals surface area contributed by atoms with E-state index < -0.39 is 41.4 Å². The summed E-state index contributed by atoms with van der Waals surface area (Å²) in [5.41, 5.74) is 0.822. The summed E-state index contributed by atoms with van der Waals surface area (Å²) in [5, 5.41) is 0. The Bertz CT molecular complexity index is 1170. The highest BCUT2D eigenvalue weighted by molar-refractivity contribution is 7.14. The molecule has 0 aliphatic carbocycles. The molecule has 0 aliphatic rings. The predicted octanol–water partition coefficient (Wildman–Crippen LogP) is 6.88. The lowest BCUT2D eigenvalue weighted by atomic mass is 10.1. The minimum Gasteiger partial charge on any atom is -0.496 e. The van der Waals surface area contributed by atoms with E-state index in [2.05, 4.69) is 6.92 Å². The third-order valence-corrected chi connectivity index (χ3v) is 5.83. The SMILES string of the molecule is CCCc1ccc(C(=O)/C=C/c2ccc(OC)c(COc3c(F)c(F)c(F)c(F)c3F)c2)s1. The molecule has 0 atom stereocenters. The number of hydrogen-bond donors (Lipinski definition) is 0.